The van der Waals surface area contributed by atoms with Crippen LogP contribution in [-0.4, -0.2) is 44.6 Å². The molecular formula is C13H11ClN4O3S. The van der Waals surface area contributed by atoms with E-state index in [4.69, 9.17) is 33.3 Å². The van der Waals surface area contributed by atoms with Gasteiger partial charge in [-0.2, -0.15) is 4.68 Å². The van der Waals surface area contributed by atoms with Crippen molar-refractivity contribution in [3.05, 3.63) is 34.1 Å². The number of hydrogen-bond donors (Lipinski definition) is 0. The Morgan fingerprint density at radius 1 is 1.32 bits per heavy atom. The maximum Gasteiger partial charge on any atom is 0.221 e. The molecule has 1 aromatic carbocycles. The third kappa shape index (κ3) is 2.11. The van der Waals surface area contributed by atoms with Gasteiger partial charge in [0.25, 0.3) is 0 Å². The molecule has 0 spiro atoms. The Hall–Kier alpha value is -1.61. The highest BCUT2D eigenvalue weighted by Gasteiger charge is 2.45. The summed E-state index contributed by atoms with van der Waals surface area (Å²) >= 11 is 11.6. The van der Waals surface area contributed by atoms with Crippen LogP contribution in [0.1, 0.15) is 12.5 Å². The number of fused-ring (bicyclic) bond motifs is 2. The predicted molar refractivity (Wildman–Crippen MR) is 78.5 cm³/mol. The van der Waals surface area contributed by atoms with E-state index in [1.165, 1.54) is 9.36 Å². The molecule has 0 N–H and O–H groups in total. The molecule has 0 radical (unpaired) electrons. The van der Waals surface area contributed by atoms with Crippen molar-refractivity contribution in [2.24, 2.45) is 0 Å². The van der Waals surface area contributed by atoms with Gasteiger partial charge < -0.3 is 9.47 Å². The second-order valence-corrected chi connectivity index (χ2v) is 5.92. The summed E-state index contributed by atoms with van der Waals surface area (Å²) in [6.07, 6.45) is -0.718. The van der Waals surface area contributed by atoms with Crippen LogP contribution in [0.2, 0.25) is 5.02 Å². The fourth-order valence-corrected chi connectivity index (χ4v) is 3.23. The summed E-state index contributed by atoms with van der Waals surface area (Å²) in [7, 11) is 0. The summed E-state index contributed by atoms with van der Waals surface area (Å²) in [6, 6.07) is 6.90. The van der Waals surface area contributed by atoms with Crippen molar-refractivity contribution in [2.75, 3.05) is 6.61 Å². The van der Waals surface area contributed by atoms with E-state index in [9.17, 15) is 4.79 Å². The van der Waals surface area contributed by atoms with Gasteiger partial charge in [0.1, 0.15) is 6.10 Å². The quantitative estimate of drug-likeness (QED) is 0.776. The molecule has 3 atom stereocenters. The van der Waals surface area contributed by atoms with Crippen LogP contribution >= 0.6 is 23.8 Å². The number of halogens is 1. The molecular weight excluding hydrogens is 328 g/mol. The molecule has 2 aromatic rings. The molecule has 3 heterocycles. The topological polar surface area (TPSA) is 71.2 Å². The fourth-order valence-electron chi connectivity index (χ4n) is 2.71. The highest BCUT2D eigenvalue weighted by molar-refractivity contribution is 7.71. The minimum atomic E-state index is -0.742. The second-order valence-electron chi connectivity index (χ2n) is 5.15. The first-order valence-electron chi connectivity index (χ1n) is 6.74. The van der Waals surface area contributed by atoms with E-state index in [-0.39, 0.29) is 24.3 Å². The number of ether oxygens (including phenoxy) is 2. The van der Waals surface area contributed by atoms with E-state index in [2.05, 4.69) is 10.4 Å². The van der Waals surface area contributed by atoms with Crippen molar-refractivity contribution in [3.8, 4) is 5.69 Å². The minimum absolute atomic E-state index is 0.104. The van der Waals surface area contributed by atoms with Gasteiger partial charge in [0, 0.05) is 6.42 Å². The number of hydrogen-bond acceptors (Lipinski definition) is 6. The first kappa shape index (κ1) is 14.0. The first-order chi connectivity index (χ1) is 10.6. The third-order valence-electron chi connectivity index (χ3n) is 3.81. The van der Waals surface area contributed by atoms with Gasteiger partial charge in [-0.3, -0.25) is 4.79 Å². The summed E-state index contributed by atoms with van der Waals surface area (Å²) in [6.45, 7) is 0.349. The van der Waals surface area contributed by atoms with Gasteiger partial charge in [-0.25, -0.2) is 4.68 Å². The van der Waals surface area contributed by atoms with Crippen molar-refractivity contribution >= 4 is 29.6 Å². The summed E-state index contributed by atoms with van der Waals surface area (Å²) in [4.78, 5) is 11.9. The number of carbonyl (C=O) groups excluding carboxylic acids is 1. The number of rotatable bonds is 2. The Bertz CT molecular complexity index is 805. The van der Waals surface area contributed by atoms with Crippen molar-refractivity contribution < 1.29 is 14.3 Å². The number of benzene rings is 1. The van der Waals surface area contributed by atoms with Crippen molar-refractivity contribution in [2.45, 2.75) is 24.9 Å². The van der Waals surface area contributed by atoms with Crippen LogP contribution in [-0.2, 0) is 14.3 Å². The molecule has 0 amide bonds. The lowest BCUT2D eigenvalue weighted by atomic mass is 10.0. The van der Waals surface area contributed by atoms with Gasteiger partial charge in [-0.15, -0.1) is 0 Å². The van der Waals surface area contributed by atoms with Crippen LogP contribution < -0.4 is 0 Å². The summed E-state index contributed by atoms with van der Waals surface area (Å²) < 4.78 is 14.2. The maximum absolute atomic E-state index is 11.9. The molecule has 0 saturated carbocycles. The Morgan fingerprint density at radius 3 is 2.95 bits per heavy atom. The number of ketones is 1. The van der Waals surface area contributed by atoms with Gasteiger partial charge in [0.05, 0.1) is 23.4 Å². The van der Waals surface area contributed by atoms with Gasteiger partial charge in [-0.1, -0.05) is 23.7 Å². The van der Waals surface area contributed by atoms with Gasteiger partial charge in [0.2, 0.25) is 11.1 Å². The molecule has 0 aliphatic carbocycles. The Kier molecular flexibility index (Phi) is 3.33. The van der Waals surface area contributed by atoms with Crippen molar-refractivity contribution in [1.82, 2.24) is 19.8 Å². The van der Waals surface area contributed by atoms with E-state index in [0.717, 1.165) is 0 Å². The Labute approximate surface area is 135 Å². The van der Waals surface area contributed by atoms with E-state index in [1.54, 1.807) is 12.1 Å². The Morgan fingerprint density at radius 2 is 2.14 bits per heavy atom. The van der Waals surface area contributed by atoms with Crippen LogP contribution in [0.25, 0.3) is 5.69 Å². The fraction of sp³-hybridized carbons (Fsp3) is 0.385. The zero-order chi connectivity index (χ0) is 15.3. The molecule has 4 rings (SSSR count). The number of tetrazole rings is 1. The van der Waals surface area contributed by atoms with E-state index < -0.39 is 6.29 Å². The lowest BCUT2D eigenvalue weighted by Gasteiger charge is -2.25. The molecule has 9 heteroatoms. The Balaban J connectivity index is 1.75. The first-order valence-corrected chi connectivity index (χ1v) is 7.53. The molecule has 2 saturated heterocycles. The van der Waals surface area contributed by atoms with Crippen molar-refractivity contribution in [1.29, 1.82) is 0 Å². The van der Waals surface area contributed by atoms with Gasteiger partial charge in [-0.05, 0) is 34.8 Å². The zero-order valence-corrected chi connectivity index (χ0v) is 12.8. The molecule has 2 aliphatic heterocycles. The lowest BCUT2D eigenvalue weighted by molar-refractivity contribution is -0.156. The highest BCUT2D eigenvalue weighted by Crippen LogP contribution is 2.32. The maximum atomic E-state index is 11.9. The molecule has 2 bridgehead atoms. The molecule has 2 fully saturated rings. The predicted octanol–water partition coefficient (Wildman–Crippen LogP) is 1.71. The van der Waals surface area contributed by atoms with Crippen LogP contribution in [0.5, 0.6) is 0 Å². The third-order valence-corrected chi connectivity index (χ3v) is 4.49. The number of nitrogens with zero attached hydrogens (tertiary/aromatic N) is 4. The number of Topliss-reactive ketones (excluding diaryl/α,β-unsaturated/α-hetero) is 1. The average molecular weight is 339 g/mol. The number of aromatic nitrogens is 4. The summed E-state index contributed by atoms with van der Waals surface area (Å²) in [5.41, 5.74) is 0.643. The number of para-hydroxylation sites is 1. The van der Waals surface area contributed by atoms with Crippen LogP contribution in [0, 0.1) is 4.77 Å². The normalized spacial score (nSPS) is 27.3. The number of carbonyl (C=O) groups is 1. The minimum Gasteiger partial charge on any atom is -0.343 e. The van der Waals surface area contributed by atoms with Crippen molar-refractivity contribution in [3.63, 3.8) is 0 Å². The van der Waals surface area contributed by atoms with E-state index in [1.807, 2.05) is 12.1 Å². The standard InChI is InChI=1S/C13H11ClN4O3S/c14-7-3-1-2-4-8(7)17-13(22)18(16-15-17)9-5-10(19)12-20-6-11(9)21-12/h1-4,9,11-12H,5-6H2/t9-,11-,12-/m1/s1. The highest BCUT2D eigenvalue weighted by atomic mass is 35.5. The largest absolute Gasteiger partial charge is 0.343 e. The average Bonchev–Trinajstić information content (AvgIpc) is 3.10. The van der Waals surface area contributed by atoms with Gasteiger partial charge in [0.15, 0.2) is 5.78 Å². The molecule has 2 aliphatic rings. The summed E-state index contributed by atoms with van der Waals surface area (Å²) in [5.74, 6) is -0.104. The van der Waals surface area contributed by atoms with Gasteiger partial charge >= 0.3 is 0 Å². The summed E-state index contributed by atoms with van der Waals surface area (Å²) in [5, 5.41) is 8.67. The molecule has 114 valence electrons. The van der Waals surface area contributed by atoms with E-state index in [0.29, 0.717) is 22.1 Å². The lowest BCUT2D eigenvalue weighted by Crippen LogP contribution is -2.37. The van der Waals surface area contributed by atoms with Crippen LogP contribution in [0.3, 0.4) is 0 Å². The SMILES string of the molecule is O=C1C[C@@H](n2nnn(-c3ccccc3Cl)c2=S)[C@H]2CO[C@@H]1O2. The molecule has 22 heavy (non-hydrogen) atoms. The van der Waals surface area contributed by atoms with E-state index >= 15 is 0 Å². The molecule has 1 aromatic heterocycles. The second kappa shape index (κ2) is 5.24. The smallest absolute Gasteiger partial charge is 0.221 e. The monoisotopic (exact) mass is 338 g/mol. The molecule has 7 nitrogen and oxygen atoms in total. The van der Waals surface area contributed by atoms with Crippen LogP contribution in [0.15, 0.2) is 24.3 Å². The zero-order valence-electron chi connectivity index (χ0n) is 11.3. The molecule has 0 unspecified atom stereocenters. The van der Waals surface area contributed by atoms with Crippen LogP contribution in [0.4, 0.5) is 0 Å².